The maximum atomic E-state index is 6.66. The zero-order chi connectivity index (χ0) is 37.6. The van der Waals surface area contributed by atoms with Crippen molar-refractivity contribution in [3.63, 3.8) is 0 Å². The number of aromatic nitrogens is 3. The average molecular weight is 755 g/mol. The van der Waals surface area contributed by atoms with Gasteiger partial charge < -0.3 is 10.3 Å². The molecule has 0 fully saturated rings. The molecule has 0 spiro atoms. The van der Waals surface area contributed by atoms with Gasteiger partial charge in [0.25, 0.3) is 0 Å². The molecule has 0 bridgehead atoms. The Bertz CT molecular complexity index is 3160. The maximum Gasteiger partial charge on any atom is 0.0708 e. The summed E-state index contributed by atoms with van der Waals surface area (Å²) in [6.07, 6.45) is 9.51. The molecule has 1 atom stereocenters. The van der Waals surface area contributed by atoms with Crippen LogP contribution in [-0.4, -0.2) is 14.5 Å². The van der Waals surface area contributed by atoms with Crippen molar-refractivity contribution in [2.24, 2.45) is 5.73 Å². The highest BCUT2D eigenvalue weighted by Gasteiger charge is 2.18. The lowest BCUT2D eigenvalue weighted by Gasteiger charge is -2.12. The highest BCUT2D eigenvalue weighted by Crippen LogP contribution is 2.42. The van der Waals surface area contributed by atoms with Crippen LogP contribution in [0.3, 0.4) is 0 Å². The van der Waals surface area contributed by atoms with E-state index in [0.717, 1.165) is 67.1 Å². The number of fused-ring (bicyclic) bond motifs is 6. The molecule has 6 aromatic carbocycles. The van der Waals surface area contributed by atoms with Gasteiger partial charge in [0.1, 0.15) is 0 Å². The summed E-state index contributed by atoms with van der Waals surface area (Å²) >= 11 is 1.84. The number of allylic oxidation sites excluding steroid dienone is 2. The summed E-state index contributed by atoms with van der Waals surface area (Å²) in [5.74, 6) is 1.91. The highest BCUT2D eigenvalue weighted by molar-refractivity contribution is 7.25. The van der Waals surface area contributed by atoms with Crippen molar-refractivity contribution in [1.82, 2.24) is 14.5 Å². The minimum absolute atomic E-state index is 0.721. The Labute approximate surface area is 331 Å². The Hall–Kier alpha value is -6.65. The summed E-state index contributed by atoms with van der Waals surface area (Å²) < 4.78 is 4.95. The van der Waals surface area contributed by atoms with E-state index in [4.69, 9.17) is 10.7 Å². The molecule has 0 aliphatic heterocycles. The number of nitrogens with two attached hydrogens (primary N) is 1. The number of thiophene rings is 1. The van der Waals surface area contributed by atoms with Crippen LogP contribution in [0.15, 0.2) is 188 Å². The average Bonchev–Trinajstić information content (AvgIpc) is 3.80. The van der Waals surface area contributed by atoms with Gasteiger partial charge in [-0.05, 0) is 107 Å². The van der Waals surface area contributed by atoms with E-state index >= 15 is 0 Å². The predicted molar refractivity (Wildman–Crippen MR) is 242 cm³/mol. The van der Waals surface area contributed by atoms with Crippen LogP contribution in [0.5, 0.6) is 0 Å². The summed E-state index contributed by atoms with van der Waals surface area (Å²) in [6, 6.07) is 54.5. The van der Waals surface area contributed by atoms with Crippen LogP contribution in [-0.2, 0) is 0 Å². The topological polar surface area (TPSA) is 56.7 Å². The Morgan fingerprint density at radius 1 is 0.571 bits per heavy atom. The zero-order valence-electron chi connectivity index (χ0n) is 30.3. The van der Waals surface area contributed by atoms with Crippen LogP contribution in [0.25, 0.3) is 98.0 Å². The van der Waals surface area contributed by atoms with Crippen LogP contribution in [0.1, 0.15) is 5.56 Å². The summed E-state index contributed by atoms with van der Waals surface area (Å²) in [7, 11) is 2.61. The minimum Gasteiger partial charge on any atom is -0.398 e. The van der Waals surface area contributed by atoms with Crippen molar-refractivity contribution in [2.75, 3.05) is 0 Å². The maximum absolute atomic E-state index is 6.66. The molecular formula is C50H35N4PS. The lowest BCUT2D eigenvalue weighted by molar-refractivity contribution is 1.19. The Morgan fingerprint density at radius 2 is 1.23 bits per heavy atom. The van der Waals surface area contributed by atoms with Gasteiger partial charge in [-0.3, -0.25) is 9.97 Å². The monoisotopic (exact) mass is 754 g/mol. The second kappa shape index (κ2) is 14.2. The smallest absolute Gasteiger partial charge is 0.0708 e. The second-order valence-electron chi connectivity index (χ2n) is 13.8. The van der Waals surface area contributed by atoms with Gasteiger partial charge >= 0.3 is 0 Å². The lowest BCUT2D eigenvalue weighted by atomic mass is 9.94. The van der Waals surface area contributed by atoms with Crippen molar-refractivity contribution in [3.8, 4) is 50.3 Å². The molecule has 6 heteroatoms. The molecule has 10 aromatic rings. The van der Waals surface area contributed by atoms with Gasteiger partial charge in [-0.25, -0.2) is 0 Å². The van der Waals surface area contributed by atoms with Gasteiger partial charge in [0.15, 0.2) is 0 Å². The molecule has 0 aliphatic carbocycles. The van der Waals surface area contributed by atoms with Crippen molar-refractivity contribution >= 4 is 68.3 Å². The van der Waals surface area contributed by atoms with Gasteiger partial charge in [0.2, 0.25) is 0 Å². The van der Waals surface area contributed by atoms with E-state index in [9.17, 15) is 0 Å². The first kappa shape index (κ1) is 33.9. The molecule has 0 aliphatic rings. The molecule has 56 heavy (non-hydrogen) atoms. The molecule has 4 heterocycles. The molecular weight excluding hydrogens is 720 g/mol. The van der Waals surface area contributed by atoms with Gasteiger partial charge in [-0.15, -0.1) is 20.6 Å². The van der Waals surface area contributed by atoms with Crippen LogP contribution in [0, 0.1) is 0 Å². The van der Waals surface area contributed by atoms with Crippen molar-refractivity contribution in [1.29, 1.82) is 0 Å². The van der Waals surface area contributed by atoms with Gasteiger partial charge in [0.05, 0.1) is 16.7 Å². The van der Waals surface area contributed by atoms with E-state index in [1.54, 1.807) is 0 Å². The molecule has 1 unspecified atom stereocenters. The fraction of sp³-hybridized carbons (Fsp3) is 0. The number of pyridine rings is 2. The first-order valence-electron chi connectivity index (χ1n) is 18.5. The number of rotatable bonds is 7. The molecule has 2 N–H and O–H groups in total. The highest BCUT2D eigenvalue weighted by atomic mass is 32.1. The van der Waals surface area contributed by atoms with Crippen LogP contribution in [0.2, 0.25) is 0 Å². The molecule has 0 amide bonds. The third kappa shape index (κ3) is 5.90. The largest absolute Gasteiger partial charge is 0.398 e. The molecule has 4 aromatic heterocycles. The van der Waals surface area contributed by atoms with E-state index in [-0.39, 0.29) is 0 Å². The minimum atomic E-state index is 0.721. The first-order valence-corrected chi connectivity index (χ1v) is 20.0. The van der Waals surface area contributed by atoms with Crippen LogP contribution >= 0.6 is 20.6 Å². The molecule has 0 radical (unpaired) electrons. The first-order chi connectivity index (χ1) is 27.6. The van der Waals surface area contributed by atoms with Crippen LogP contribution in [0.4, 0.5) is 0 Å². The second-order valence-corrected chi connectivity index (χ2v) is 15.3. The Morgan fingerprint density at radius 3 is 1.96 bits per heavy atom. The summed E-state index contributed by atoms with van der Waals surface area (Å²) in [6.45, 7) is 0. The van der Waals surface area contributed by atoms with Gasteiger partial charge in [-0.1, -0.05) is 90.8 Å². The molecule has 0 saturated carbocycles. The molecule has 266 valence electrons. The quantitative estimate of drug-likeness (QED) is 0.130. The van der Waals surface area contributed by atoms with E-state index in [0.29, 0.717) is 0 Å². The zero-order valence-corrected chi connectivity index (χ0v) is 32.3. The summed E-state index contributed by atoms with van der Waals surface area (Å²) in [4.78, 5) is 9.09. The van der Waals surface area contributed by atoms with Crippen LogP contribution < -0.4 is 5.73 Å². The number of hydrogen-bond donors (Lipinski definition) is 1. The van der Waals surface area contributed by atoms with Gasteiger partial charge in [0, 0.05) is 77.6 Å². The number of benzene rings is 6. The van der Waals surface area contributed by atoms with E-state index < -0.39 is 0 Å². The normalized spacial score (nSPS) is 12.1. The summed E-state index contributed by atoms with van der Waals surface area (Å²) in [5, 5.41) is 4.85. The fourth-order valence-electron chi connectivity index (χ4n) is 7.97. The van der Waals surface area contributed by atoms with Crippen molar-refractivity contribution in [2.45, 2.75) is 0 Å². The van der Waals surface area contributed by atoms with Crippen molar-refractivity contribution < 1.29 is 0 Å². The van der Waals surface area contributed by atoms with Crippen molar-refractivity contribution in [3.05, 3.63) is 194 Å². The molecule has 10 rings (SSSR count). The summed E-state index contributed by atoms with van der Waals surface area (Å²) in [5.41, 5.74) is 20.6. The SMILES string of the molecule is N/C(=C\C=C/P)c1ccccc1-c1ccc2c(c1)c1cc(-c3ccccc3-c3ccccn3)ccc1n2-c1ccc2sc3ccc(-c4cccnc4)cc3c2c1. The van der Waals surface area contributed by atoms with E-state index in [1.165, 1.54) is 36.5 Å². The predicted octanol–water partition coefficient (Wildman–Crippen LogP) is 13.3. The molecule has 0 saturated heterocycles. The third-order valence-corrected chi connectivity index (χ3v) is 12.0. The fourth-order valence-corrected chi connectivity index (χ4v) is 9.15. The Balaban J connectivity index is 1.21. The van der Waals surface area contributed by atoms with E-state index in [1.807, 2.05) is 72.2 Å². The van der Waals surface area contributed by atoms with E-state index in [2.05, 4.69) is 146 Å². The molecule has 4 nitrogen and oxygen atoms in total. The Kier molecular flexibility index (Phi) is 8.60. The standard InChI is InChI=1S/C50H35N4PS/c51-45(14-8-26-55)39-12-3-1-10-37(39)33-16-20-47-41(28-33)42-29-34(38-11-2-4-13-40(38)46-15-5-6-25-53-46)17-21-48(42)54(47)36-19-23-50-44(30-36)43-27-32(18-22-49(43)56-50)35-9-7-24-52-31-35/h1-31H,51,55H2/b26-8-,45-14-. The third-order valence-electron chi connectivity index (χ3n) is 10.6. The number of nitrogens with zero attached hydrogens (tertiary/aromatic N) is 3. The van der Waals surface area contributed by atoms with Gasteiger partial charge in [-0.2, -0.15) is 0 Å². The number of hydrogen-bond acceptors (Lipinski definition) is 4. The lowest BCUT2D eigenvalue weighted by Crippen LogP contribution is -1.98.